The van der Waals surface area contributed by atoms with Gasteiger partial charge >= 0.3 is 0 Å². The van der Waals surface area contributed by atoms with E-state index in [1.807, 2.05) is 48.5 Å². The van der Waals surface area contributed by atoms with E-state index >= 15 is 0 Å². The van der Waals surface area contributed by atoms with Gasteiger partial charge in [-0.3, -0.25) is 4.79 Å². The van der Waals surface area contributed by atoms with E-state index < -0.39 is 0 Å². The van der Waals surface area contributed by atoms with Gasteiger partial charge in [-0.25, -0.2) is 9.97 Å². The maximum atomic E-state index is 12.1. The number of para-hydroxylation sites is 2. The van der Waals surface area contributed by atoms with E-state index in [1.54, 1.807) is 0 Å². The van der Waals surface area contributed by atoms with Crippen molar-refractivity contribution in [1.82, 2.24) is 9.97 Å². The van der Waals surface area contributed by atoms with Crippen molar-refractivity contribution in [3.8, 4) is 11.3 Å². The maximum Gasteiger partial charge on any atom is 0.169 e. The quantitative estimate of drug-likeness (QED) is 0.612. The summed E-state index contributed by atoms with van der Waals surface area (Å²) in [4.78, 5) is 21.4. The van der Waals surface area contributed by atoms with Crippen molar-refractivity contribution in [3.05, 3.63) is 59.8 Å². The van der Waals surface area contributed by atoms with Crippen molar-refractivity contribution < 1.29 is 4.79 Å². The molecule has 0 unspecified atom stereocenters. The van der Waals surface area contributed by atoms with Gasteiger partial charge in [-0.2, -0.15) is 0 Å². The van der Waals surface area contributed by atoms with Crippen LogP contribution in [0.2, 0.25) is 0 Å². The lowest BCUT2D eigenvalue weighted by molar-refractivity contribution is 0.0990. The SMILES string of the molecule is O=C1Cc2nc3ccccc3nc2-c2ccccc21. The standard InChI is InChI=1S/C16H10N2O/c19-15-9-14-16(11-6-2-1-5-10(11)15)18-13-8-4-3-7-12(13)17-14/h1-8H,9H2. The Balaban J connectivity index is 2.09. The van der Waals surface area contributed by atoms with Crippen molar-refractivity contribution >= 4 is 16.8 Å². The number of carbonyl (C=O) groups is 1. The fourth-order valence-corrected chi connectivity index (χ4v) is 2.56. The molecule has 3 heteroatoms. The molecule has 0 atom stereocenters. The Kier molecular flexibility index (Phi) is 2.03. The van der Waals surface area contributed by atoms with Crippen LogP contribution in [0.25, 0.3) is 22.3 Å². The lowest BCUT2D eigenvalue weighted by Gasteiger charge is -2.17. The molecule has 1 heterocycles. The van der Waals surface area contributed by atoms with E-state index in [4.69, 9.17) is 0 Å². The Morgan fingerprint density at radius 1 is 0.789 bits per heavy atom. The van der Waals surface area contributed by atoms with Gasteiger partial charge < -0.3 is 0 Å². The number of hydrogen-bond acceptors (Lipinski definition) is 3. The van der Waals surface area contributed by atoms with Crippen LogP contribution in [0.1, 0.15) is 16.1 Å². The smallest absolute Gasteiger partial charge is 0.169 e. The van der Waals surface area contributed by atoms with E-state index in [-0.39, 0.29) is 5.78 Å². The Morgan fingerprint density at radius 3 is 2.21 bits per heavy atom. The number of rotatable bonds is 0. The van der Waals surface area contributed by atoms with Gasteiger partial charge in [-0.1, -0.05) is 36.4 Å². The first-order valence-corrected chi connectivity index (χ1v) is 6.21. The van der Waals surface area contributed by atoms with E-state index in [2.05, 4.69) is 9.97 Å². The summed E-state index contributed by atoms with van der Waals surface area (Å²) in [5.74, 6) is 0.118. The average molecular weight is 246 g/mol. The fraction of sp³-hybridized carbons (Fsp3) is 0.0625. The van der Waals surface area contributed by atoms with Crippen molar-refractivity contribution in [1.29, 1.82) is 0 Å². The molecule has 0 radical (unpaired) electrons. The molecule has 0 spiro atoms. The van der Waals surface area contributed by atoms with Crippen molar-refractivity contribution in [2.24, 2.45) is 0 Å². The second-order valence-corrected chi connectivity index (χ2v) is 4.65. The number of hydrogen-bond donors (Lipinski definition) is 0. The number of ketones is 1. The highest BCUT2D eigenvalue weighted by Gasteiger charge is 2.24. The van der Waals surface area contributed by atoms with Crippen LogP contribution in [0.3, 0.4) is 0 Å². The monoisotopic (exact) mass is 246 g/mol. The molecule has 3 nitrogen and oxygen atoms in total. The lowest BCUT2D eigenvalue weighted by Crippen LogP contribution is -2.15. The van der Waals surface area contributed by atoms with Crippen LogP contribution in [0.5, 0.6) is 0 Å². The third kappa shape index (κ3) is 1.48. The molecule has 0 saturated carbocycles. The molecule has 0 aliphatic heterocycles. The Bertz CT molecular complexity index is 824. The Hall–Kier alpha value is -2.55. The van der Waals surface area contributed by atoms with Gasteiger partial charge in [0.15, 0.2) is 5.78 Å². The molecule has 19 heavy (non-hydrogen) atoms. The number of benzene rings is 2. The Morgan fingerprint density at radius 2 is 1.42 bits per heavy atom. The van der Waals surface area contributed by atoms with Gasteiger partial charge in [0.2, 0.25) is 0 Å². The molecule has 3 aromatic rings. The van der Waals surface area contributed by atoms with E-state index in [0.29, 0.717) is 6.42 Å². The fourth-order valence-electron chi connectivity index (χ4n) is 2.56. The molecule has 0 N–H and O–H groups in total. The van der Waals surface area contributed by atoms with Crippen LogP contribution in [-0.4, -0.2) is 15.8 Å². The largest absolute Gasteiger partial charge is 0.294 e. The number of carbonyl (C=O) groups excluding carboxylic acids is 1. The summed E-state index contributed by atoms with van der Waals surface area (Å²) in [7, 11) is 0. The van der Waals surface area contributed by atoms with Gasteiger partial charge in [0.1, 0.15) is 0 Å². The minimum absolute atomic E-state index is 0.118. The molecule has 4 rings (SSSR count). The summed E-state index contributed by atoms with van der Waals surface area (Å²) in [5.41, 5.74) is 4.97. The normalized spacial score (nSPS) is 13.2. The highest BCUT2D eigenvalue weighted by atomic mass is 16.1. The molecule has 0 bridgehead atoms. The highest BCUT2D eigenvalue weighted by Crippen LogP contribution is 2.31. The zero-order valence-corrected chi connectivity index (χ0v) is 10.1. The van der Waals surface area contributed by atoms with Crippen LogP contribution >= 0.6 is 0 Å². The first-order valence-electron chi connectivity index (χ1n) is 6.21. The van der Waals surface area contributed by atoms with Gasteiger partial charge in [0.25, 0.3) is 0 Å². The first kappa shape index (κ1) is 10.4. The summed E-state index contributed by atoms with van der Waals surface area (Å²) >= 11 is 0. The first-order chi connectivity index (χ1) is 9.33. The number of aromatic nitrogens is 2. The van der Waals surface area contributed by atoms with E-state index in [9.17, 15) is 4.79 Å². The number of nitrogens with zero attached hydrogens (tertiary/aromatic N) is 2. The molecule has 0 saturated heterocycles. The topological polar surface area (TPSA) is 42.9 Å². The summed E-state index contributed by atoms with van der Waals surface area (Å²) in [5, 5.41) is 0. The summed E-state index contributed by atoms with van der Waals surface area (Å²) in [6, 6.07) is 15.4. The predicted octanol–water partition coefficient (Wildman–Crippen LogP) is 3.04. The minimum atomic E-state index is 0.118. The maximum absolute atomic E-state index is 12.1. The zero-order valence-electron chi connectivity index (χ0n) is 10.1. The molecule has 0 amide bonds. The molecule has 1 aliphatic rings. The van der Waals surface area contributed by atoms with E-state index in [1.165, 1.54) is 0 Å². The molecule has 90 valence electrons. The second kappa shape index (κ2) is 3.72. The van der Waals surface area contributed by atoms with Crippen molar-refractivity contribution in [2.75, 3.05) is 0 Å². The van der Waals surface area contributed by atoms with Crippen LogP contribution in [0, 0.1) is 0 Å². The Labute approximate surface area is 109 Å². The second-order valence-electron chi connectivity index (χ2n) is 4.65. The van der Waals surface area contributed by atoms with E-state index in [0.717, 1.165) is 33.5 Å². The third-order valence-corrected chi connectivity index (χ3v) is 3.45. The summed E-state index contributed by atoms with van der Waals surface area (Å²) < 4.78 is 0. The van der Waals surface area contributed by atoms with Gasteiger partial charge in [-0.05, 0) is 12.1 Å². The van der Waals surface area contributed by atoms with Crippen LogP contribution < -0.4 is 0 Å². The molecule has 2 aromatic carbocycles. The van der Waals surface area contributed by atoms with Crippen LogP contribution in [0.15, 0.2) is 48.5 Å². The summed E-state index contributed by atoms with van der Waals surface area (Å²) in [6.45, 7) is 0. The van der Waals surface area contributed by atoms with Gasteiger partial charge in [0.05, 0.1) is 28.8 Å². The summed E-state index contributed by atoms with van der Waals surface area (Å²) in [6.07, 6.45) is 0.337. The van der Waals surface area contributed by atoms with Gasteiger partial charge in [-0.15, -0.1) is 0 Å². The zero-order chi connectivity index (χ0) is 12.8. The highest BCUT2D eigenvalue weighted by molar-refractivity contribution is 6.06. The lowest BCUT2D eigenvalue weighted by atomic mass is 9.91. The third-order valence-electron chi connectivity index (χ3n) is 3.45. The average Bonchev–Trinajstić information content (AvgIpc) is 2.46. The molecule has 0 fully saturated rings. The van der Waals surface area contributed by atoms with Crippen molar-refractivity contribution in [3.63, 3.8) is 0 Å². The number of fused-ring (bicyclic) bond motifs is 4. The van der Waals surface area contributed by atoms with Crippen molar-refractivity contribution in [2.45, 2.75) is 6.42 Å². The van der Waals surface area contributed by atoms with Crippen LogP contribution in [0.4, 0.5) is 0 Å². The molecule has 1 aromatic heterocycles. The minimum Gasteiger partial charge on any atom is -0.294 e. The molecular formula is C16H10N2O. The predicted molar refractivity (Wildman–Crippen MR) is 73.0 cm³/mol. The number of Topliss-reactive ketones (excluding diaryl/α,β-unsaturated/α-hetero) is 1. The molecular weight excluding hydrogens is 236 g/mol. The van der Waals surface area contributed by atoms with Crippen LogP contribution in [-0.2, 0) is 6.42 Å². The molecule has 1 aliphatic carbocycles. The van der Waals surface area contributed by atoms with Gasteiger partial charge in [0, 0.05) is 11.1 Å².